The van der Waals surface area contributed by atoms with Crippen molar-refractivity contribution in [2.45, 2.75) is 24.9 Å². The van der Waals surface area contributed by atoms with E-state index in [1.807, 2.05) is 0 Å². The van der Waals surface area contributed by atoms with E-state index in [1.165, 1.54) is 0 Å². The number of rotatable bonds is 2. The summed E-state index contributed by atoms with van der Waals surface area (Å²) in [6.07, 6.45) is 0.692. The Morgan fingerprint density at radius 2 is 1.30 bits per heavy atom. The molecule has 0 saturated heterocycles. The van der Waals surface area contributed by atoms with Crippen LogP contribution in [-0.4, -0.2) is 21.9 Å². The van der Waals surface area contributed by atoms with Gasteiger partial charge in [0.2, 0.25) is 0 Å². The summed E-state index contributed by atoms with van der Waals surface area (Å²) in [5, 5.41) is 20.0. The van der Waals surface area contributed by atoms with E-state index in [-0.39, 0.29) is 0 Å². The van der Waals surface area contributed by atoms with Crippen LogP contribution in [0.5, 0.6) is 0 Å². The molecule has 2 unspecified atom stereocenters. The molecule has 6 heteroatoms. The second kappa shape index (κ2) is 2.20. The number of hydrogen-bond donors (Lipinski definition) is 0. The van der Waals surface area contributed by atoms with Crippen molar-refractivity contribution in [1.82, 2.24) is 0 Å². The van der Waals surface area contributed by atoms with Crippen LogP contribution in [0.2, 0.25) is 0 Å². The molecular weight excluding hydrogens is 140 g/mol. The van der Waals surface area contributed by atoms with E-state index in [1.54, 1.807) is 0 Å². The first-order valence-electron chi connectivity index (χ1n) is 2.90. The number of nitro groups is 2. The van der Waals surface area contributed by atoms with Crippen LogP contribution in [0.3, 0.4) is 0 Å². The molecule has 1 rings (SSSR count). The fourth-order valence-corrected chi connectivity index (χ4v) is 0.957. The van der Waals surface area contributed by atoms with E-state index in [4.69, 9.17) is 0 Å². The van der Waals surface area contributed by atoms with Crippen LogP contribution < -0.4 is 0 Å². The lowest BCUT2D eigenvalue weighted by Crippen LogP contribution is -2.47. The van der Waals surface area contributed by atoms with Gasteiger partial charge in [0.05, 0.1) is 0 Å². The summed E-state index contributed by atoms with van der Waals surface area (Å²) in [4.78, 5) is 18.9. The molecule has 0 aromatic carbocycles. The summed E-state index contributed by atoms with van der Waals surface area (Å²) >= 11 is 0. The SMILES string of the molecule is O=[N+]([O-])C1CCC1[N+](=O)[O-]. The van der Waals surface area contributed by atoms with Crippen molar-refractivity contribution in [3.8, 4) is 0 Å². The molecule has 10 heavy (non-hydrogen) atoms. The van der Waals surface area contributed by atoms with Crippen LogP contribution in [-0.2, 0) is 0 Å². The lowest BCUT2D eigenvalue weighted by Gasteiger charge is -2.21. The second-order valence-corrected chi connectivity index (χ2v) is 2.28. The maximum atomic E-state index is 10.00. The van der Waals surface area contributed by atoms with Crippen LogP contribution in [0.15, 0.2) is 0 Å². The summed E-state index contributed by atoms with van der Waals surface area (Å²) in [6, 6.07) is -1.87. The lowest BCUT2D eigenvalue weighted by molar-refractivity contribution is -0.639. The fraction of sp³-hybridized carbons (Fsp3) is 1.00. The minimum atomic E-state index is -0.935. The normalized spacial score (nSPS) is 30.8. The molecule has 0 bridgehead atoms. The molecule has 0 aromatic rings. The van der Waals surface area contributed by atoms with Crippen molar-refractivity contribution >= 4 is 0 Å². The molecule has 0 heterocycles. The highest BCUT2D eigenvalue weighted by Crippen LogP contribution is 2.24. The van der Waals surface area contributed by atoms with Gasteiger partial charge in [-0.1, -0.05) is 0 Å². The molecule has 0 spiro atoms. The Bertz CT molecular complexity index is 160. The molecule has 0 radical (unpaired) electrons. The molecule has 56 valence electrons. The lowest BCUT2D eigenvalue weighted by atomic mass is 9.88. The Morgan fingerprint density at radius 3 is 1.40 bits per heavy atom. The smallest absolute Gasteiger partial charge is 0.264 e. The molecule has 0 aliphatic heterocycles. The molecule has 1 fully saturated rings. The van der Waals surface area contributed by atoms with Crippen LogP contribution >= 0.6 is 0 Å². The molecule has 6 nitrogen and oxygen atoms in total. The third-order valence-corrected chi connectivity index (χ3v) is 1.74. The van der Waals surface area contributed by atoms with Gasteiger partial charge in [-0.05, 0) is 0 Å². The van der Waals surface area contributed by atoms with Crippen molar-refractivity contribution in [1.29, 1.82) is 0 Å². The Labute approximate surface area is 56.1 Å². The average Bonchev–Trinajstić information content (AvgIpc) is 1.56. The minimum Gasteiger partial charge on any atom is -0.264 e. The maximum absolute atomic E-state index is 10.00. The Hall–Kier alpha value is -1.20. The third kappa shape index (κ3) is 0.916. The zero-order valence-electron chi connectivity index (χ0n) is 5.10. The van der Waals surface area contributed by atoms with E-state index in [9.17, 15) is 20.2 Å². The van der Waals surface area contributed by atoms with Gasteiger partial charge in [-0.3, -0.25) is 20.2 Å². The molecular formula is C4H6N2O4. The summed E-state index contributed by atoms with van der Waals surface area (Å²) in [5.74, 6) is 0. The van der Waals surface area contributed by atoms with E-state index < -0.39 is 21.9 Å². The number of nitrogens with zero attached hydrogens (tertiary/aromatic N) is 2. The summed E-state index contributed by atoms with van der Waals surface area (Å²) in [5.41, 5.74) is 0. The summed E-state index contributed by atoms with van der Waals surface area (Å²) in [6.45, 7) is 0. The Kier molecular flexibility index (Phi) is 1.52. The Morgan fingerprint density at radius 1 is 1.00 bits per heavy atom. The zero-order valence-corrected chi connectivity index (χ0v) is 5.10. The van der Waals surface area contributed by atoms with Crippen LogP contribution in [0.4, 0.5) is 0 Å². The van der Waals surface area contributed by atoms with E-state index >= 15 is 0 Å². The van der Waals surface area contributed by atoms with Crippen molar-refractivity contribution in [2.75, 3.05) is 0 Å². The van der Waals surface area contributed by atoms with Crippen molar-refractivity contribution in [3.05, 3.63) is 20.2 Å². The number of hydrogen-bond acceptors (Lipinski definition) is 4. The Balaban J connectivity index is 2.51. The van der Waals surface area contributed by atoms with Gasteiger partial charge in [-0.15, -0.1) is 0 Å². The van der Waals surface area contributed by atoms with Gasteiger partial charge in [-0.2, -0.15) is 0 Å². The highest BCUT2D eigenvalue weighted by Gasteiger charge is 2.49. The van der Waals surface area contributed by atoms with E-state index in [2.05, 4.69) is 0 Å². The highest BCUT2D eigenvalue weighted by molar-refractivity contribution is 4.80. The van der Waals surface area contributed by atoms with Crippen molar-refractivity contribution in [3.63, 3.8) is 0 Å². The largest absolute Gasteiger partial charge is 0.279 e. The van der Waals surface area contributed by atoms with Crippen molar-refractivity contribution < 1.29 is 9.85 Å². The maximum Gasteiger partial charge on any atom is 0.279 e. The van der Waals surface area contributed by atoms with Crippen LogP contribution in [0, 0.1) is 20.2 Å². The molecule has 2 atom stereocenters. The van der Waals surface area contributed by atoms with Gasteiger partial charge in [0.1, 0.15) is 0 Å². The third-order valence-electron chi connectivity index (χ3n) is 1.74. The molecule has 1 saturated carbocycles. The standard InChI is InChI=1S/C4H6N2O4/c7-5(8)3-1-2-4(3)6(9)10/h3-4H,1-2H2. The van der Waals surface area contributed by atoms with Crippen LogP contribution in [0.1, 0.15) is 12.8 Å². The summed E-state index contributed by atoms with van der Waals surface area (Å²) < 4.78 is 0. The van der Waals surface area contributed by atoms with Crippen LogP contribution in [0.25, 0.3) is 0 Å². The molecule has 1 aliphatic carbocycles. The zero-order chi connectivity index (χ0) is 7.72. The average molecular weight is 146 g/mol. The van der Waals surface area contributed by atoms with Gasteiger partial charge >= 0.3 is 0 Å². The van der Waals surface area contributed by atoms with E-state index in [0.717, 1.165) is 0 Å². The molecule has 0 amide bonds. The first-order chi connectivity index (χ1) is 4.63. The first-order valence-corrected chi connectivity index (χ1v) is 2.90. The fourth-order valence-electron chi connectivity index (χ4n) is 0.957. The van der Waals surface area contributed by atoms with E-state index in [0.29, 0.717) is 12.8 Å². The molecule has 0 N–H and O–H groups in total. The molecule has 1 aliphatic rings. The predicted molar refractivity (Wildman–Crippen MR) is 30.8 cm³/mol. The van der Waals surface area contributed by atoms with Gasteiger partial charge < -0.3 is 0 Å². The monoisotopic (exact) mass is 146 g/mol. The highest BCUT2D eigenvalue weighted by atomic mass is 16.6. The topological polar surface area (TPSA) is 86.3 Å². The summed E-state index contributed by atoms with van der Waals surface area (Å²) in [7, 11) is 0. The second-order valence-electron chi connectivity index (χ2n) is 2.28. The molecule has 0 aromatic heterocycles. The minimum absolute atomic E-state index is 0.346. The van der Waals surface area contributed by atoms with Gasteiger partial charge in [0.15, 0.2) is 0 Å². The van der Waals surface area contributed by atoms with Gasteiger partial charge in [0.25, 0.3) is 12.1 Å². The predicted octanol–water partition coefficient (Wildman–Crippen LogP) is 0.0708. The van der Waals surface area contributed by atoms with Gasteiger partial charge in [-0.25, -0.2) is 0 Å². The first kappa shape index (κ1) is 6.91. The quantitative estimate of drug-likeness (QED) is 0.407. The van der Waals surface area contributed by atoms with Crippen molar-refractivity contribution in [2.24, 2.45) is 0 Å². The van der Waals surface area contributed by atoms with Gasteiger partial charge in [0, 0.05) is 22.7 Å².